The van der Waals surface area contributed by atoms with E-state index in [2.05, 4.69) is 5.32 Å². The van der Waals surface area contributed by atoms with E-state index < -0.39 is 23.3 Å². The summed E-state index contributed by atoms with van der Waals surface area (Å²) in [6.07, 6.45) is 2.15. The van der Waals surface area contributed by atoms with Crippen molar-refractivity contribution in [2.24, 2.45) is 0 Å². The van der Waals surface area contributed by atoms with Gasteiger partial charge in [-0.05, 0) is 51.0 Å². The van der Waals surface area contributed by atoms with Crippen molar-refractivity contribution in [1.82, 2.24) is 5.32 Å². The van der Waals surface area contributed by atoms with Gasteiger partial charge in [-0.1, -0.05) is 60.1 Å². The Morgan fingerprint density at radius 2 is 1.71 bits per heavy atom. The van der Waals surface area contributed by atoms with Gasteiger partial charge in [0.2, 0.25) is 0 Å². The first kappa shape index (κ1) is 27.1. The van der Waals surface area contributed by atoms with E-state index >= 15 is 0 Å². The van der Waals surface area contributed by atoms with Gasteiger partial charge in [0.25, 0.3) is 0 Å². The number of carbonyl (C=O) groups excluding carboxylic acids is 2. The standard InChI is InChI=1S/C26H31ClN2O5/c1-5-32-22(30)12-9-17-33-26(20-10-7-6-8-11-20,18-29-24(31)34-25(2,3)4)23(28)19-13-15-21(27)16-14-19/h6-16,28H,5,17-18H2,1-4H3,(H,29,31)/b12-9+,28-23?. The Morgan fingerprint density at radius 3 is 2.29 bits per heavy atom. The molecule has 0 bridgehead atoms. The third-order valence-corrected chi connectivity index (χ3v) is 4.88. The Labute approximate surface area is 205 Å². The number of esters is 1. The maximum absolute atomic E-state index is 12.5. The molecule has 0 aliphatic carbocycles. The fraction of sp³-hybridized carbons (Fsp3) is 0.346. The van der Waals surface area contributed by atoms with Crippen molar-refractivity contribution >= 4 is 29.4 Å². The summed E-state index contributed by atoms with van der Waals surface area (Å²) in [6.45, 7) is 7.19. The van der Waals surface area contributed by atoms with Crippen LogP contribution in [0.5, 0.6) is 0 Å². The Morgan fingerprint density at radius 1 is 1.06 bits per heavy atom. The average molecular weight is 487 g/mol. The van der Waals surface area contributed by atoms with Gasteiger partial charge < -0.3 is 24.9 Å². The minimum Gasteiger partial charge on any atom is -0.463 e. The van der Waals surface area contributed by atoms with Gasteiger partial charge in [0.05, 0.1) is 25.5 Å². The normalized spacial score (nSPS) is 13.2. The molecule has 0 aliphatic rings. The molecule has 0 radical (unpaired) electrons. The van der Waals surface area contributed by atoms with E-state index in [1.807, 2.05) is 30.3 Å². The lowest BCUT2D eigenvalue weighted by atomic mass is 9.84. The molecule has 2 N–H and O–H groups in total. The van der Waals surface area contributed by atoms with E-state index in [-0.39, 0.29) is 25.5 Å². The molecule has 7 nitrogen and oxygen atoms in total. The third-order valence-electron chi connectivity index (χ3n) is 4.62. The fourth-order valence-electron chi connectivity index (χ4n) is 3.13. The number of hydrogen-bond acceptors (Lipinski definition) is 6. The Hall–Kier alpha value is -3.16. The van der Waals surface area contributed by atoms with E-state index in [0.29, 0.717) is 16.1 Å². The Bertz CT molecular complexity index is 1000. The third kappa shape index (κ3) is 8.01. The molecule has 34 heavy (non-hydrogen) atoms. The number of benzene rings is 2. The second-order valence-corrected chi connectivity index (χ2v) is 8.83. The molecule has 0 spiro atoms. The molecule has 0 saturated carbocycles. The van der Waals surface area contributed by atoms with Gasteiger partial charge >= 0.3 is 12.1 Å². The molecule has 182 valence electrons. The summed E-state index contributed by atoms with van der Waals surface area (Å²) in [5.41, 5.74) is -0.752. The number of rotatable bonds is 10. The quantitative estimate of drug-likeness (QED) is 0.271. The highest BCUT2D eigenvalue weighted by Crippen LogP contribution is 2.31. The van der Waals surface area contributed by atoms with E-state index in [4.69, 9.17) is 31.2 Å². The molecule has 2 rings (SSSR count). The number of ether oxygens (including phenoxy) is 3. The van der Waals surface area contributed by atoms with Crippen LogP contribution < -0.4 is 5.32 Å². The summed E-state index contributed by atoms with van der Waals surface area (Å²) >= 11 is 6.04. The van der Waals surface area contributed by atoms with E-state index in [1.165, 1.54) is 12.2 Å². The number of alkyl carbamates (subject to hydrolysis) is 1. The van der Waals surface area contributed by atoms with Gasteiger partial charge in [-0.15, -0.1) is 0 Å². The van der Waals surface area contributed by atoms with Crippen LogP contribution in [0.1, 0.15) is 38.8 Å². The van der Waals surface area contributed by atoms with Crippen LogP contribution in [0, 0.1) is 5.41 Å². The maximum Gasteiger partial charge on any atom is 0.407 e. The Balaban J connectivity index is 2.44. The summed E-state index contributed by atoms with van der Waals surface area (Å²) in [5, 5.41) is 12.4. The molecule has 0 aromatic heterocycles. The van der Waals surface area contributed by atoms with Crippen molar-refractivity contribution in [3.8, 4) is 0 Å². The highest BCUT2D eigenvalue weighted by atomic mass is 35.5. The molecule has 8 heteroatoms. The molecule has 1 amide bonds. The monoisotopic (exact) mass is 486 g/mol. The van der Waals surface area contributed by atoms with Gasteiger partial charge in [-0.3, -0.25) is 0 Å². The van der Waals surface area contributed by atoms with Gasteiger partial charge in [0.1, 0.15) is 5.60 Å². The van der Waals surface area contributed by atoms with Crippen LogP contribution in [0.25, 0.3) is 0 Å². The molecule has 1 unspecified atom stereocenters. The van der Waals surface area contributed by atoms with E-state index in [9.17, 15) is 9.59 Å². The predicted octanol–water partition coefficient (Wildman–Crippen LogP) is 5.26. The highest BCUT2D eigenvalue weighted by molar-refractivity contribution is 6.30. The lowest BCUT2D eigenvalue weighted by Gasteiger charge is -2.35. The zero-order valence-electron chi connectivity index (χ0n) is 19.9. The summed E-state index contributed by atoms with van der Waals surface area (Å²) < 4.78 is 16.5. The van der Waals surface area contributed by atoms with Crippen molar-refractivity contribution < 1.29 is 23.8 Å². The second kappa shape index (κ2) is 12.3. The number of nitrogens with one attached hydrogen (secondary N) is 2. The molecule has 0 fully saturated rings. The molecule has 2 aromatic rings. The first-order valence-electron chi connectivity index (χ1n) is 10.9. The van der Waals surface area contributed by atoms with Gasteiger partial charge in [0, 0.05) is 11.1 Å². The molecule has 0 heterocycles. The second-order valence-electron chi connectivity index (χ2n) is 8.40. The van der Waals surface area contributed by atoms with Crippen LogP contribution in [0.2, 0.25) is 5.02 Å². The van der Waals surface area contributed by atoms with Crippen molar-refractivity contribution in [3.63, 3.8) is 0 Å². The van der Waals surface area contributed by atoms with Crippen LogP contribution in [0.3, 0.4) is 0 Å². The molecular formula is C26H31ClN2O5. The van der Waals surface area contributed by atoms with Crippen LogP contribution in [0.4, 0.5) is 4.79 Å². The largest absolute Gasteiger partial charge is 0.463 e. The van der Waals surface area contributed by atoms with Crippen molar-refractivity contribution in [2.75, 3.05) is 19.8 Å². The maximum atomic E-state index is 12.5. The first-order chi connectivity index (χ1) is 16.1. The zero-order valence-corrected chi connectivity index (χ0v) is 20.6. The summed E-state index contributed by atoms with van der Waals surface area (Å²) in [5.74, 6) is -0.490. The predicted molar refractivity (Wildman–Crippen MR) is 132 cm³/mol. The SMILES string of the molecule is CCOC(=O)/C=C/COC(CNC(=O)OC(C)(C)C)(C(=N)c1ccc(Cl)cc1)c1ccccc1. The smallest absolute Gasteiger partial charge is 0.407 e. The van der Waals surface area contributed by atoms with Crippen molar-refractivity contribution in [1.29, 1.82) is 5.41 Å². The number of carbonyl (C=O) groups is 2. The molecule has 0 saturated heterocycles. The van der Waals surface area contributed by atoms with Gasteiger partial charge in [0.15, 0.2) is 5.60 Å². The van der Waals surface area contributed by atoms with Gasteiger partial charge in [-0.2, -0.15) is 0 Å². The number of amides is 1. The molecule has 2 aromatic carbocycles. The lowest BCUT2D eigenvalue weighted by molar-refractivity contribution is -0.137. The van der Waals surface area contributed by atoms with Crippen LogP contribution >= 0.6 is 11.6 Å². The van der Waals surface area contributed by atoms with Gasteiger partial charge in [-0.25, -0.2) is 9.59 Å². The van der Waals surface area contributed by atoms with Crippen LogP contribution in [-0.2, 0) is 24.6 Å². The first-order valence-corrected chi connectivity index (χ1v) is 11.3. The molecule has 0 aliphatic heterocycles. The van der Waals surface area contributed by atoms with Crippen LogP contribution in [-0.4, -0.2) is 43.1 Å². The minimum atomic E-state index is -1.38. The lowest BCUT2D eigenvalue weighted by Crippen LogP contribution is -2.49. The van der Waals surface area contributed by atoms with Crippen molar-refractivity contribution in [3.05, 3.63) is 82.9 Å². The number of hydrogen-bond donors (Lipinski definition) is 2. The summed E-state index contributed by atoms with van der Waals surface area (Å²) in [6, 6.07) is 15.9. The molecule has 1 atom stereocenters. The van der Waals surface area contributed by atoms with Crippen LogP contribution in [0.15, 0.2) is 66.7 Å². The number of halogens is 1. The fourth-order valence-corrected chi connectivity index (χ4v) is 3.26. The zero-order chi connectivity index (χ0) is 25.2. The summed E-state index contributed by atoms with van der Waals surface area (Å²) in [4.78, 5) is 24.2. The van der Waals surface area contributed by atoms with Crippen molar-refractivity contribution in [2.45, 2.75) is 38.9 Å². The Kier molecular flexibility index (Phi) is 9.83. The van der Waals surface area contributed by atoms with E-state index in [1.54, 1.807) is 52.0 Å². The molecular weight excluding hydrogens is 456 g/mol. The van der Waals surface area contributed by atoms with E-state index in [0.717, 1.165) is 0 Å². The summed E-state index contributed by atoms with van der Waals surface area (Å²) in [7, 11) is 0. The highest BCUT2D eigenvalue weighted by Gasteiger charge is 2.39. The average Bonchev–Trinajstić information content (AvgIpc) is 2.78. The minimum absolute atomic E-state index is 0.0142. The topological polar surface area (TPSA) is 97.7 Å².